The SMILES string of the molecule is CC(=O)/C(C(=O)Cl)=C(\[O][Al]([Cl])[Cl])c1cc(Cl)cc(Cl)c1. The molecule has 106 valence electrons. The molecule has 0 N–H and O–H groups in total. The van der Waals surface area contributed by atoms with Gasteiger partial charge in [-0.05, 0) is 36.7 Å². The number of hydrogen-bond acceptors (Lipinski definition) is 3. The number of ketones is 1. The van der Waals surface area contributed by atoms with Gasteiger partial charge in [0, 0.05) is 15.6 Å². The number of benzene rings is 1. The van der Waals surface area contributed by atoms with Crippen LogP contribution in [-0.4, -0.2) is 23.7 Å². The molecule has 0 atom stereocenters. The van der Waals surface area contributed by atoms with Gasteiger partial charge in [-0.2, -0.15) is 20.1 Å². The fraction of sp³-hybridized carbons (Fsp3) is 0.0909. The molecule has 0 spiro atoms. The van der Waals surface area contributed by atoms with Crippen LogP contribution in [0.25, 0.3) is 5.76 Å². The lowest BCUT2D eigenvalue weighted by Crippen LogP contribution is -2.13. The quantitative estimate of drug-likeness (QED) is 0.185. The van der Waals surface area contributed by atoms with Crippen molar-refractivity contribution in [2.75, 3.05) is 0 Å². The first-order valence-corrected chi connectivity index (χ1v) is 10.2. The van der Waals surface area contributed by atoms with Gasteiger partial charge in [0.05, 0.1) is 0 Å². The minimum Gasteiger partial charge on any atom is -0.619 e. The van der Waals surface area contributed by atoms with Gasteiger partial charge in [-0.3, -0.25) is 9.59 Å². The molecule has 0 saturated heterocycles. The van der Waals surface area contributed by atoms with Gasteiger partial charge in [0.25, 0.3) is 5.24 Å². The van der Waals surface area contributed by atoms with Crippen molar-refractivity contribution in [2.45, 2.75) is 6.92 Å². The highest BCUT2D eigenvalue weighted by atomic mass is 35.7. The maximum Gasteiger partial charge on any atom is 0.815 e. The minimum absolute atomic E-state index is 0.122. The highest BCUT2D eigenvalue weighted by Gasteiger charge is 2.27. The van der Waals surface area contributed by atoms with E-state index in [1.165, 1.54) is 25.1 Å². The van der Waals surface area contributed by atoms with Crippen LogP contribution in [0, 0.1) is 0 Å². The second kappa shape index (κ2) is 7.91. The molecule has 0 saturated carbocycles. The number of Topliss-reactive ketones (excluding diaryl/α,β-unsaturated/α-hetero) is 1. The third-order valence-electron chi connectivity index (χ3n) is 2.11. The Morgan fingerprint density at radius 3 is 1.95 bits per heavy atom. The van der Waals surface area contributed by atoms with Crippen LogP contribution in [0.3, 0.4) is 0 Å². The van der Waals surface area contributed by atoms with Crippen LogP contribution < -0.4 is 0 Å². The summed E-state index contributed by atoms with van der Waals surface area (Å²) in [6.45, 7) is 1.17. The standard InChI is InChI=1S/C11H7Cl3O3.Al.2ClH/c1-5(15)9(11(14)17)10(16)6-2-7(12)4-8(13)3-6;;;/h2-4,16H,1H3;;2*1H/q;+3;;/p-3/b10-9+;;;. The van der Waals surface area contributed by atoms with Gasteiger partial charge < -0.3 is 3.79 Å². The van der Waals surface area contributed by atoms with Crippen LogP contribution in [0.2, 0.25) is 10.0 Å². The van der Waals surface area contributed by atoms with E-state index in [1.807, 2.05) is 0 Å². The molecule has 0 aliphatic heterocycles. The van der Waals surface area contributed by atoms with E-state index in [1.54, 1.807) is 0 Å². The van der Waals surface area contributed by atoms with Crippen LogP contribution in [-0.2, 0) is 13.4 Å². The number of halogens is 5. The molecule has 0 aromatic heterocycles. The number of rotatable bonds is 5. The molecule has 1 rings (SSSR count). The van der Waals surface area contributed by atoms with E-state index in [-0.39, 0.29) is 11.3 Å². The Bertz CT molecular complexity index is 549. The number of hydrogen-bond donors (Lipinski definition) is 0. The second-order valence-electron chi connectivity index (χ2n) is 3.57. The molecular formula is C11H6AlCl5O3. The van der Waals surface area contributed by atoms with Crippen LogP contribution in [0.5, 0.6) is 0 Å². The molecule has 3 nitrogen and oxygen atoms in total. The summed E-state index contributed by atoms with van der Waals surface area (Å²) in [4.78, 5) is 23.0. The summed E-state index contributed by atoms with van der Waals surface area (Å²) in [7, 11) is 11.3. The van der Waals surface area contributed by atoms with Crippen molar-refractivity contribution in [1.29, 1.82) is 0 Å². The van der Waals surface area contributed by atoms with Gasteiger partial charge in [-0.25, -0.2) is 0 Å². The molecule has 0 aliphatic rings. The number of carbonyl (C=O) groups excluding carboxylic acids is 2. The Hall–Kier alpha value is 0.0825. The van der Waals surface area contributed by atoms with Crippen molar-refractivity contribution in [3.63, 3.8) is 0 Å². The zero-order chi connectivity index (χ0) is 15.4. The van der Waals surface area contributed by atoms with Crippen molar-refractivity contribution in [2.24, 2.45) is 0 Å². The van der Waals surface area contributed by atoms with Crippen LogP contribution in [0.15, 0.2) is 23.8 Å². The summed E-state index contributed by atoms with van der Waals surface area (Å²) >= 11 is 14.5. The predicted octanol–water partition coefficient (Wildman–Crippen LogP) is 4.54. The molecule has 0 amide bonds. The summed E-state index contributed by atoms with van der Waals surface area (Å²) < 4.78 is 5.24. The molecule has 0 bridgehead atoms. The van der Waals surface area contributed by atoms with E-state index in [2.05, 4.69) is 0 Å². The number of allylic oxidation sites excluding steroid dienone is 1. The molecule has 0 unspecified atom stereocenters. The highest BCUT2D eigenvalue weighted by molar-refractivity contribution is 7.31. The van der Waals surface area contributed by atoms with Gasteiger partial charge in [-0.15, -0.1) is 0 Å². The monoisotopic (exact) mass is 388 g/mol. The minimum atomic E-state index is -2.63. The van der Waals surface area contributed by atoms with E-state index in [4.69, 9.17) is 58.7 Å². The second-order valence-corrected chi connectivity index (χ2v) is 8.59. The Morgan fingerprint density at radius 2 is 1.60 bits per heavy atom. The molecule has 0 fully saturated rings. The largest absolute Gasteiger partial charge is 0.815 e. The molecular weight excluding hydrogens is 384 g/mol. The molecule has 1 aromatic carbocycles. The zero-order valence-electron chi connectivity index (χ0n) is 9.92. The molecule has 9 heteroatoms. The summed E-state index contributed by atoms with van der Waals surface area (Å²) in [5, 5.41) is -0.395. The van der Waals surface area contributed by atoms with E-state index >= 15 is 0 Å². The van der Waals surface area contributed by atoms with E-state index < -0.39 is 23.7 Å². The number of carbonyl (C=O) groups is 2. The maximum absolute atomic E-state index is 11.6. The first-order chi connectivity index (χ1) is 9.22. The first-order valence-electron chi connectivity index (χ1n) is 5.08. The van der Waals surface area contributed by atoms with E-state index in [0.717, 1.165) is 0 Å². The van der Waals surface area contributed by atoms with Gasteiger partial charge in [0.2, 0.25) is 0 Å². The molecule has 1 aromatic rings. The zero-order valence-corrected chi connectivity index (χ0v) is 14.9. The van der Waals surface area contributed by atoms with Crippen LogP contribution in [0.4, 0.5) is 0 Å². The lowest BCUT2D eigenvalue weighted by atomic mass is 10.1. The third kappa shape index (κ3) is 5.13. The lowest BCUT2D eigenvalue weighted by Gasteiger charge is -2.15. The van der Waals surface area contributed by atoms with Gasteiger partial charge in [0.1, 0.15) is 11.3 Å². The van der Waals surface area contributed by atoms with Crippen molar-refractivity contribution in [3.05, 3.63) is 39.4 Å². The summed E-state index contributed by atoms with van der Waals surface area (Å²) in [6, 6.07) is 4.39. The lowest BCUT2D eigenvalue weighted by molar-refractivity contribution is -0.117. The Morgan fingerprint density at radius 1 is 1.10 bits per heavy atom. The average molecular weight is 390 g/mol. The maximum atomic E-state index is 11.6. The smallest absolute Gasteiger partial charge is 0.619 e. The average Bonchev–Trinajstić information content (AvgIpc) is 2.24. The van der Waals surface area contributed by atoms with Gasteiger partial charge in [0.15, 0.2) is 5.78 Å². The van der Waals surface area contributed by atoms with Crippen molar-refractivity contribution in [3.8, 4) is 0 Å². The van der Waals surface area contributed by atoms with E-state index in [0.29, 0.717) is 15.6 Å². The fourth-order valence-corrected chi connectivity index (χ4v) is 3.14. The first kappa shape index (κ1) is 18.1. The fourth-order valence-electron chi connectivity index (χ4n) is 1.43. The van der Waals surface area contributed by atoms with Crippen LogP contribution in [0.1, 0.15) is 12.5 Å². The van der Waals surface area contributed by atoms with Crippen molar-refractivity contribution >= 4 is 84.3 Å². The van der Waals surface area contributed by atoms with E-state index in [9.17, 15) is 9.59 Å². The van der Waals surface area contributed by atoms with Crippen molar-refractivity contribution in [1.82, 2.24) is 0 Å². The highest BCUT2D eigenvalue weighted by Crippen LogP contribution is 2.29. The normalized spacial score (nSPS) is 11.7. The molecule has 0 radical (unpaired) electrons. The third-order valence-corrected chi connectivity index (χ3v) is 3.68. The summed E-state index contributed by atoms with van der Waals surface area (Å²) in [5.41, 5.74) is -0.0655. The summed E-state index contributed by atoms with van der Waals surface area (Å²) in [6.07, 6.45) is 0. The Kier molecular flexibility index (Phi) is 7.17. The summed E-state index contributed by atoms with van der Waals surface area (Å²) in [5.74, 6) is -0.706. The molecule has 0 aliphatic carbocycles. The topological polar surface area (TPSA) is 43.4 Å². The molecule has 20 heavy (non-hydrogen) atoms. The Labute approximate surface area is 143 Å². The van der Waals surface area contributed by atoms with Gasteiger partial charge in [-0.1, -0.05) is 23.2 Å². The van der Waals surface area contributed by atoms with Crippen molar-refractivity contribution < 1.29 is 13.4 Å². The van der Waals surface area contributed by atoms with Crippen LogP contribution >= 0.6 is 54.9 Å². The van der Waals surface area contributed by atoms with Gasteiger partial charge >= 0.3 is 12.6 Å². The Balaban J connectivity index is 3.56. The predicted molar refractivity (Wildman–Crippen MR) is 83.5 cm³/mol. The molecule has 0 heterocycles.